The van der Waals surface area contributed by atoms with Crippen LogP contribution in [0.15, 0.2) is 48.8 Å². The number of ether oxygens (including phenoxy) is 1. The Balaban J connectivity index is 1.68. The van der Waals surface area contributed by atoms with Crippen molar-refractivity contribution < 1.29 is 13.9 Å². The van der Waals surface area contributed by atoms with Gasteiger partial charge in [0, 0.05) is 24.5 Å². The van der Waals surface area contributed by atoms with Crippen molar-refractivity contribution in [3.8, 4) is 11.4 Å². The van der Waals surface area contributed by atoms with Crippen molar-refractivity contribution >= 4 is 28.8 Å². The van der Waals surface area contributed by atoms with Crippen molar-refractivity contribution in [2.24, 2.45) is 7.05 Å². The lowest BCUT2D eigenvalue weighted by Crippen LogP contribution is -2.07. The van der Waals surface area contributed by atoms with Gasteiger partial charge in [0.05, 0.1) is 12.8 Å². The fourth-order valence-corrected chi connectivity index (χ4v) is 2.85. The molecule has 0 amide bonds. The molecule has 3 aromatic heterocycles. The van der Waals surface area contributed by atoms with E-state index in [0.717, 1.165) is 0 Å². The molecule has 0 saturated carbocycles. The quantitative estimate of drug-likeness (QED) is 0.520. The molecule has 0 radical (unpaired) electrons. The minimum absolute atomic E-state index is 0.209. The van der Waals surface area contributed by atoms with Gasteiger partial charge in [-0.2, -0.15) is 4.98 Å². The van der Waals surface area contributed by atoms with Crippen molar-refractivity contribution in [2.45, 2.75) is 6.92 Å². The van der Waals surface area contributed by atoms with Gasteiger partial charge in [-0.05, 0) is 43.3 Å². The summed E-state index contributed by atoms with van der Waals surface area (Å²) in [4.78, 5) is 29.4. The Kier molecular flexibility index (Phi) is 4.86. The van der Waals surface area contributed by atoms with Gasteiger partial charge in [0.25, 0.3) is 0 Å². The number of anilines is 2. The number of pyridine rings is 1. The number of hydrogen-bond donors (Lipinski definition) is 1. The Morgan fingerprint density at radius 3 is 2.72 bits per heavy atom. The van der Waals surface area contributed by atoms with E-state index in [1.807, 2.05) is 7.05 Å². The maximum Gasteiger partial charge on any atom is 0.356 e. The third-order valence-corrected chi connectivity index (χ3v) is 4.21. The molecule has 146 valence electrons. The number of nitrogens with one attached hydrogen (secondary N) is 1. The van der Waals surface area contributed by atoms with Gasteiger partial charge in [0.1, 0.15) is 22.9 Å². The van der Waals surface area contributed by atoms with Crippen LogP contribution in [0.25, 0.3) is 22.6 Å². The maximum absolute atomic E-state index is 13.1. The highest BCUT2D eigenvalue weighted by Gasteiger charge is 2.15. The minimum atomic E-state index is -0.487. The highest BCUT2D eigenvalue weighted by Crippen LogP contribution is 2.24. The number of carbonyl (C=O) groups is 1. The van der Waals surface area contributed by atoms with Gasteiger partial charge in [-0.15, -0.1) is 0 Å². The van der Waals surface area contributed by atoms with Gasteiger partial charge in [-0.25, -0.2) is 24.1 Å². The summed E-state index contributed by atoms with van der Waals surface area (Å²) in [5, 5.41) is 3.04. The molecule has 8 nitrogen and oxygen atoms in total. The van der Waals surface area contributed by atoms with Crippen LogP contribution in [-0.4, -0.2) is 37.1 Å². The van der Waals surface area contributed by atoms with Gasteiger partial charge < -0.3 is 14.6 Å². The fraction of sp³-hybridized carbons (Fsp3) is 0.150. The molecule has 4 aromatic rings. The van der Waals surface area contributed by atoms with Crippen LogP contribution in [0.3, 0.4) is 0 Å². The van der Waals surface area contributed by atoms with E-state index in [9.17, 15) is 9.18 Å². The average molecular weight is 392 g/mol. The second-order valence-electron chi connectivity index (χ2n) is 6.18. The Morgan fingerprint density at radius 2 is 1.97 bits per heavy atom. The first-order valence-corrected chi connectivity index (χ1v) is 8.90. The molecule has 1 N–H and O–H groups in total. The molecule has 4 rings (SSSR count). The lowest BCUT2D eigenvalue weighted by molar-refractivity contribution is 0.0519. The Bertz CT molecular complexity index is 1190. The number of hydrogen-bond acceptors (Lipinski definition) is 7. The predicted octanol–water partition coefficient (Wildman–Crippen LogP) is 3.48. The van der Waals surface area contributed by atoms with Crippen molar-refractivity contribution in [3.63, 3.8) is 0 Å². The standard InChI is InChI=1S/C20H17FN6O2/c1-3-29-19(28)15-10-12(8-9-22-15)17-25-16-11-23-20(26-18(16)27(17)2)24-14-6-4-13(21)5-7-14/h4-11H,3H2,1-2H3,(H,23,24,26). The Morgan fingerprint density at radius 1 is 1.17 bits per heavy atom. The molecule has 0 saturated heterocycles. The Labute approximate surface area is 165 Å². The molecule has 29 heavy (non-hydrogen) atoms. The molecule has 0 aliphatic rings. The summed E-state index contributed by atoms with van der Waals surface area (Å²) >= 11 is 0. The van der Waals surface area contributed by atoms with E-state index in [4.69, 9.17) is 4.74 Å². The number of fused-ring (bicyclic) bond motifs is 1. The SMILES string of the molecule is CCOC(=O)c1cc(-c2nc3cnc(Nc4ccc(F)cc4)nc3n2C)ccn1. The number of benzene rings is 1. The molecule has 0 atom stereocenters. The lowest BCUT2D eigenvalue weighted by Gasteiger charge is -2.06. The van der Waals surface area contributed by atoms with E-state index in [2.05, 4.69) is 25.3 Å². The smallest absolute Gasteiger partial charge is 0.356 e. The summed E-state index contributed by atoms with van der Waals surface area (Å²) in [6.45, 7) is 2.01. The topological polar surface area (TPSA) is 94.8 Å². The van der Waals surface area contributed by atoms with Crippen molar-refractivity contribution in [2.75, 3.05) is 11.9 Å². The number of rotatable bonds is 5. The zero-order chi connectivity index (χ0) is 20.4. The highest BCUT2D eigenvalue weighted by atomic mass is 19.1. The highest BCUT2D eigenvalue weighted by molar-refractivity contribution is 5.89. The first-order valence-electron chi connectivity index (χ1n) is 8.90. The Hall–Kier alpha value is -3.88. The summed E-state index contributed by atoms with van der Waals surface area (Å²) in [7, 11) is 1.82. The van der Waals surface area contributed by atoms with Crippen LogP contribution in [-0.2, 0) is 11.8 Å². The van der Waals surface area contributed by atoms with Crippen LogP contribution in [0.2, 0.25) is 0 Å². The molecule has 9 heteroatoms. The molecule has 0 spiro atoms. The summed E-state index contributed by atoms with van der Waals surface area (Å²) in [6.07, 6.45) is 3.14. The summed E-state index contributed by atoms with van der Waals surface area (Å²) in [5.41, 5.74) is 2.79. The number of aryl methyl sites for hydroxylation is 1. The van der Waals surface area contributed by atoms with Gasteiger partial charge in [0.15, 0.2) is 5.65 Å². The van der Waals surface area contributed by atoms with Crippen LogP contribution in [0.5, 0.6) is 0 Å². The second-order valence-corrected chi connectivity index (χ2v) is 6.18. The van der Waals surface area contributed by atoms with Crippen LogP contribution < -0.4 is 5.32 Å². The zero-order valence-electron chi connectivity index (χ0n) is 15.8. The fourth-order valence-electron chi connectivity index (χ4n) is 2.85. The predicted molar refractivity (Wildman–Crippen MR) is 105 cm³/mol. The van der Waals surface area contributed by atoms with E-state index in [1.54, 1.807) is 42.0 Å². The van der Waals surface area contributed by atoms with Gasteiger partial charge in [0.2, 0.25) is 5.95 Å². The van der Waals surface area contributed by atoms with E-state index in [-0.39, 0.29) is 18.1 Å². The van der Waals surface area contributed by atoms with Gasteiger partial charge in [-0.1, -0.05) is 0 Å². The largest absolute Gasteiger partial charge is 0.461 e. The summed E-state index contributed by atoms with van der Waals surface area (Å²) in [6, 6.07) is 9.30. The first-order chi connectivity index (χ1) is 14.0. The third-order valence-electron chi connectivity index (χ3n) is 4.21. The number of esters is 1. The van der Waals surface area contributed by atoms with Crippen LogP contribution in [0.1, 0.15) is 17.4 Å². The molecular formula is C20H17FN6O2. The van der Waals surface area contributed by atoms with Crippen molar-refractivity contribution in [3.05, 3.63) is 60.3 Å². The molecular weight excluding hydrogens is 375 g/mol. The number of carbonyl (C=O) groups excluding carboxylic acids is 1. The molecule has 3 heterocycles. The van der Waals surface area contributed by atoms with E-state index in [1.165, 1.54) is 18.3 Å². The van der Waals surface area contributed by atoms with Gasteiger partial charge >= 0.3 is 5.97 Å². The zero-order valence-corrected chi connectivity index (χ0v) is 15.8. The number of halogens is 1. The van der Waals surface area contributed by atoms with E-state index < -0.39 is 5.97 Å². The molecule has 0 fully saturated rings. The third kappa shape index (κ3) is 3.75. The molecule has 0 aliphatic carbocycles. The van der Waals surface area contributed by atoms with Crippen LogP contribution in [0, 0.1) is 5.82 Å². The van der Waals surface area contributed by atoms with E-state index in [0.29, 0.717) is 34.2 Å². The van der Waals surface area contributed by atoms with Crippen LogP contribution >= 0.6 is 0 Å². The average Bonchev–Trinajstić information content (AvgIpc) is 3.06. The monoisotopic (exact) mass is 392 g/mol. The second kappa shape index (κ2) is 7.63. The molecule has 0 unspecified atom stereocenters. The number of nitrogens with zero attached hydrogens (tertiary/aromatic N) is 5. The van der Waals surface area contributed by atoms with Crippen molar-refractivity contribution in [1.29, 1.82) is 0 Å². The molecule has 0 aliphatic heterocycles. The summed E-state index contributed by atoms with van der Waals surface area (Å²) < 4.78 is 19.9. The van der Waals surface area contributed by atoms with Crippen molar-refractivity contribution in [1.82, 2.24) is 24.5 Å². The minimum Gasteiger partial charge on any atom is -0.461 e. The van der Waals surface area contributed by atoms with Gasteiger partial charge in [-0.3, -0.25) is 0 Å². The maximum atomic E-state index is 13.1. The lowest BCUT2D eigenvalue weighted by atomic mass is 10.2. The normalized spacial score (nSPS) is 10.9. The number of aromatic nitrogens is 5. The number of imidazole rings is 1. The van der Waals surface area contributed by atoms with E-state index >= 15 is 0 Å². The van der Waals surface area contributed by atoms with Crippen LogP contribution in [0.4, 0.5) is 16.0 Å². The first kappa shape index (κ1) is 18.5. The molecule has 0 bridgehead atoms. The summed E-state index contributed by atoms with van der Waals surface area (Å²) in [5.74, 6) is 0.170. The molecule has 1 aromatic carbocycles.